The minimum absolute atomic E-state index is 0.372. The van der Waals surface area contributed by atoms with Gasteiger partial charge in [-0.15, -0.1) is 0 Å². The molecule has 1 aliphatic rings. The van der Waals surface area contributed by atoms with Gasteiger partial charge in [0.15, 0.2) is 0 Å². The van der Waals surface area contributed by atoms with Crippen LogP contribution in [0.25, 0.3) is 22.2 Å². The van der Waals surface area contributed by atoms with Crippen LogP contribution in [0.5, 0.6) is 0 Å². The van der Waals surface area contributed by atoms with Crippen molar-refractivity contribution in [1.82, 2.24) is 15.6 Å². The minimum Gasteiger partial charge on any atom is -0.480 e. The number of nitrogens with one attached hydrogen (secondary N) is 3. The zero-order valence-corrected chi connectivity index (χ0v) is 18.8. The number of carboxylic acid groups (broad SMARTS) is 1. The first-order valence-electron chi connectivity index (χ1n) is 11.5. The molecule has 2 heterocycles. The molecule has 1 fully saturated rings. The van der Waals surface area contributed by atoms with E-state index in [0.29, 0.717) is 17.5 Å². The number of hydrogen-bond donors (Lipinski definition) is 4. The maximum absolute atomic E-state index is 12.1. The number of piperidine rings is 1. The van der Waals surface area contributed by atoms with E-state index < -0.39 is 18.4 Å². The summed E-state index contributed by atoms with van der Waals surface area (Å²) in [6.07, 6.45) is 3.47. The van der Waals surface area contributed by atoms with Gasteiger partial charge < -0.3 is 21.1 Å². The molecule has 33 heavy (non-hydrogen) atoms. The van der Waals surface area contributed by atoms with E-state index in [1.54, 1.807) is 12.1 Å². The molecule has 0 bridgehead atoms. The summed E-state index contributed by atoms with van der Waals surface area (Å²) >= 11 is 0. The molecule has 0 aliphatic carbocycles. The van der Waals surface area contributed by atoms with Gasteiger partial charge in [0.2, 0.25) is 0 Å². The molecule has 7 heteroatoms. The third-order valence-corrected chi connectivity index (χ3v) is 6.24. The average molecular weight is 447 g/mol. The van der Waals surface area contributed by atoms with Crippen LogP contribution in [0.2, 0.25) is 0 Å². The Bertz CT molecular complexity index is 1120. The lowest BCUT2D eigenvalue weighted by atomic mass is 9.90. The lowest BCUT2D eigenvalue weighted by molar-refractivity contribution is -0.135. The third-order valence-electron chi connectivity index (χ3n) is 6.24. The minimum atomic E-state index is -1.07. The number of carboxylic acids is 1. The number of amides is 1. The van der Waals surface area contributed by atoms with Gasteiger partial charge in [0.05, 0.1) is 11.2 Å². The zero-order valence-electron chi connectivity index (χ0n) is 18.8. The predicted molar refractivity (Wildman–Crippen MR) is 130 cm³/mol. The molecule has 172 valence electrons. The molecule has 1 aliphatic heterocycles. The van der Waals surface area contributed by atoms with Crippen molar-refractivity contribution >= 4 is 28.5 Å². The van der Waals surface area contributed by atoms with Crippen molar-refractivity contribution in [3.8, 4) is 11.3 Å². The van der Waals surface area contributed by atoms with Gasteiger partial charge in [-0.1, -0.05) is 37.3 Å². The Morgan fingerprint density at radius 3 is 2.67 bits per heavy atom. The SMILES string of the molecule is CCC(Nc1cc(-c2ccc(C(=O)NCC(=O)O)cc2)nc2ccccc12)C1CCCNC1. The first-order valence-corrected chi connectivity index (χ1v) is 11.5. The van der Waals surface area contributed by atoms with Gasteiger partial charge in [0.1, 0.15) is 6.54 Å². The highest BCUT2D eigenvalue weighted by Crippen LogP contribution is 2.31. The number of carbonyl (C=O) groups excluding carboxylic acids is 1. The largest absolute Gasteiger partial charge is 0.480 e. The highest BCUT2D eigenvalue weighted by Gasteiger charge is 2.23. The Balaban J connectivity index is 1.62. The second-order valence-electron chi connectivity index (χ2n) is 8.49. The zero-order chi connectivity index (χ0) is 23.2. The molecule has 2 aromatic carbocycles. The van der Waals surface area contributed by atoms with Gasteiger partial charge in [-0.3, -0.25) is 9.59 Å². The first-order chi connectivity index (χ1) is 16.0. The van der Waals surface area contributed by atoms with Gasteiger partial charge >= 0.3 is 5.97 Å². The van der Waals surface area contributed by atoms with Crippen LogP contribution in [-0.4, -0.2) is 47.6 Å². The van der Waals surface area contributed by atoms with E-state index >= 15 is 0 Å². The van der Waals surface area contributed by atoms with Crippen LogP contribution >= 0.6 is 0 Å². The highest BCUT2D eigenvalue weighted by molar-refractivity contribution is 5.97. The molecular formula is C26H30N4O3. The summed E-state index contributed by atoms with van der Waals surface area (Å²) in [4.78, 5) is 27.7. The van der Waals surface area contributed by atoms with Crippen molar-refractivity contribution in [2.75, 3.05) is 25.0 Å². The fourth-order valence-electron chi connectivity index (χ4n) is 4.47. The van der Waals surface area contributed by atoms with Crippen molar-refractivity contribution in [1.29, 1.82) is 0 Å². The molecule has 4 rings (SSSR count). The van der Waals surface area contributed by atoms with Crippen LogP contribution in [0.15, 0.2) is 54.6 Å². The van der Waals surface area contributed by atoms with Crippen LogP contribution in [0, 0.1) is 5.92 Å². The van der Waals surface area contributed by atoms with Crippen LogP contribution in [0.1, 0.15) is 36.5 Å². The number of pyridine rings is 1. The number of carbonyl (C=O) groups is 2. The average Bonchev–Trinajstić information content (AvgIpc) is 2.86. The molecule has 4 N–H and O–H groups in total. The molecule has 1 saturated heterocycles. The van der Waals surface area contributed by atoms with Gasteiger partial charge in [-0.25, -0.2) is 4.98 Å². The van der Waals surface area contributed by atoms with Crippen molar-refractivity contribution in [2.45, 2.75) is 32.2 Å². The number of aliphatic carboxylic acids is 1. The Kier molecular flexibility index (Phi) is 7.19. The fraction of sp³-hybridized carbons (Fsp3) is 0.346. The normalized spacial score (nSPS) is 16.8. The molecule has 1 amide bonds. The van der Waals surface area contributed by atoms with Crippen LogP contribution in [0.4, 0.5) is 5.69 Å². The van der Waals surface area contributed by atoms with Crippen LogP contribution in [0.3, 0.4) is 0 Å². The molecule has 0 saturated carbocycles. The number of rotatable bonds is 8. The van der Waals surface area contributed by atoms with Crippen molar-refractivity contribution in [3.63, 3.8) is 0 Å². The van der Waals surface area contributed by atoms with Gasteiger partial charge in [0.25, 0.3) is 5.91 Å². The maximum atomic E-state index is 12.1. The van der Waals surface area contributed by atoms with Gasteiger partial charge in [-0.2, -0.15) is 0 Å². The molecule has 7 nitrogen and oxygen atoms in total. The lowest BCUT2D eigenvalue weighted by Gasteiger charge is -2.32. The molecule has 2 unspecified atom stereocenters. The van der Waals surface area contributed by atoms with Crippen LogP contribution < -0.4 is 16.0 Å². The third kappa shape index (κ3) is 5.49. The van der Waals surface area contributed by atoms with E-state index in [-0.39, 0.29) is 0 Å². The second-order valence-corrected chi connectivity index (χ2v) is 8.49. The maximum Gasteiger partial charge on any atom is 0.322 e. The molecule has 0 spiro atoms. The molecule has 3 aromatic rings. The predicted octanol–water partition coefficient (Wildman–Crippen LogP) is 3.91. The number of fused-ring (bicyclic) bond motifs is 1. The monoisotopic (exact) mass is 446 g/mol. The van der Waals surface area contributed by atoms with Crippen molar-refractivity contribution < 1.29 is 14.7 Å². The van der Waals surface area contributed by atoms with E-state index in [9.17, 15) is 9.59 Å². The number of benzene rings is 2. The first kappa shape index (κ1) is 22.7. The molecule has 1 aromatic heterocycles. The van der Waals surface area contributed by atoms with E-state index in [0.717, 1.165) is 47.4 Å². The topological polar surface area (TPSA) is 103 Å². The number of anilines is 1. The number of aromatic nitrogens is 1. The summed E-state index contributed by atoms with van der Waals surface area (Å²) in [6.45, 7) is 3.95. The molecule has 2 atom stereocenters. The summed E-state index contributed by atoms with van der Waals surface area (Å²) in [7, 11) is 0. The smallest absolute Gasteiger partial charge is 0.322 e. The number of nitrogens with zero attached hydrogens (tertiary/aromatic N) is 1. The van der Waals surface area contributed by atoms with Crippen molar-refractivity contribution in [3.05, 3.63) is 60.2 Å². The van der Waals surface area contributed by atoms with Gasteiger partial charge in [-0.05, 0) is 62.5 Å². The highest BCUT2D eigenvalue weighted by atomic mass is 16.4. The lowest BCUT2D eigenvalue weighted by Crippen LogP contribution is -2.40. The van der Waals surface area contributed by atoms with E-state index in [4.69, 9.17) is 10.1 Å². The second kappa shape index (κ2) is 10.4. The van der Waals surface area contributed by atoms with E-state index in [1.165, 1.54) is 12.8 Å². The quantitative estimate of drug-likeness (QED) is 0.418. The van der Waals surface area contributed by atoms with E-state index in [2.05, 4.69) is 35.0 Å². The van der Waals surface area contributed by atoms with Crippen molar-refractivity contribution in [2.24, 2.45) is 5.92 Å². The number of para-hydroxylation sites is 1. The molecular weight excluding hydrogens is 416 g/mol. The summed E-state index contributed by atoms with van der Waals surface area (Å²) in [6, 6.07) is 17.7. The summed E-state index contributed by atoms with van der Waals surface area (Å²) in [5.41, 5.74) is 4.11. The fourth-order valence-corrected chi connectivity index (χ4v) is 4.47. The van der Waals surface area contributed by atoms with Gasteiger partial charge in [0, 0.05) is 28.2 Å². The number of hydrogen-bond acceptors (Lipinski definition) is 5. The standard InChI is InChI=1S/C26H30N4O3/c1-2-21(19-6-5-13-27-15-19)29-24-14-23(30-22-8-4-3-7-20(22)24)17-9-11-18(12-10-17)26(33)28-16-25(31)32/h3-4,7-12,14,19,21,27H,2,5-6,13,15-16H2,1H3,(H,28,33)(H,29,30)(H,31,32). The Morgan fingerprint density at radius 1 is 1.18 bits per heavy atom. The van der Waals surface area contributed by atoms with E-state index in [1.807, 2.05) is 30.3 Å². The van der Waals surface area contributed by atoms with Crippen LogP contribution in [-0.2, 0) is 4.79 Å². The summed E-state index contributed by atoms with van der Waals surface area (Å²) in [5.74, 6) is -0.901. The Labute approximate surface area is 193 Å². The Hall–Kier alpha value is -3.45. The Morgan fingerprint density at radius 2 is 1.97 bits per heavy atom. The summed E-state index contributed by atoms with van der Waals surface area (Å²) in [5, 5.41) is 19.5. The summed E-state index contributed by atoms with van der Waals surface area (Å²) < 4.78 is 0. The molecule has 0 radical (unpaired) electrons.